The molecule has 1 unspecified atom stereocenters. The summed E-state index contributed by atoms with van der Waals surface area (Å²) in [5.74, 6) is 0. The number of hydrogen-bond donors (Lipinski definition) is 0. The van der Waals surface area contributed by atoms with Crippen molar-refractivity contribution in [2.45, 2.75) is 38.5 Å². The molecule has 0 N–H and O–H groups in total. The van der Waals surface area contributed by atoms with Crippen LogP contribution in [-0.2, 0) is 25.5 Å². The summed E-state index contributed by atoms with van der Waals surface area (Å²) >= 11 is 1.62. The molecule has 2 aliphatic heterocycles. The molecule has 1 saturated heterocycles. The van der Waals surface area contributed by atoms with Crippen molar-refractivity contribution in [2.75, 3.05) is 6.61 Å². The smallest absolute Gasteiger partial charge is 0.412 e. The van der Waals surface area contributed by atoms with Crippen LogP contribution >= 0.6 is 11.3 Å². The van der Waals surface area contributed by atoms with E-state index < -0.39 is 22.4 Å². The monoisotopic (exact) mass is 383 g/mol. The van der Waals surface area contributed by atoms with Gasteiger partial charge in [0, 0.05) is 23.0 Å². The lowest BCUT2D eigenvalue weighted by Crippen LogP contribution is -2.44. The molecule has 2 aromatic rings. The third-order valence-electron chi connectivity index (χ3n) is 4.49. The van der Waals surface area contributed by atoms with Gasteiger partial charge in [-0.3, -0.25) is 9.30 Å². The first-order valence-corrected chi connectivity index (χ1v) is 10.2. The van der Waals surface area contributed by atoms with E-state index >= 15 is 0 Å². The predicted octanol–water partition coefficient (Wildman–Crippen LogP) is 2.05. The van der Waals surface area contributed by atoms with Gasteiger partial charge in [0.1, 0.15) is 17.8 Å². The van der Waals surface area contributed by atoms with Crippen LogP contribution in [0.5, 0.6) is 0 Å². The van der Waals surface area contributed by atoms with E-state index in [9.17, 15) is 13.2 Å². The average molecular weight is 383 g/mol. The molecule has 4 rings (SSSR count). The number of imidazole rings is 1. The Bertz CT molecular complexity index is 946. The highest BCUT2D eigenvalue weighted by atomic mass is 32.2. The summed E-state index contributed by atoms with van der Waals surface area (Å²) < 4.78 is 36.2. The summed E-state index contributed by atoms with van der Waals surface area (Å²) in [4.78, 5) is 20.1. The number of carbonyl (C=O) groups excluding carboxylic acids is 1. The van der Waals surface area contributed by atoms with Crippen molar-refractivity contribution in [3.8, 4) is 0 Å². The Morgan fingerprint density at radius 1 is 1.40 bits per heavy atom. The number of nitrogens with zero attached hydrogens (tertiary/aromatic N) is 3. The average Bonchev–Trinajstić information content (AvgIpc) is 3.22. The molecule has 2 aromatic heterocycles. The third-order valence-corrected chi connectivity index (χ3v) is 6.73. The second-order valence-corrected chi connectivity index (χ2v) is 8.61. The van der Waals surface area contributed by atoms with Crippen molar-refractivity contribution in [1.29, 1.82) is 0 Å². The van der Waals surface area contributed by atoms with Gasteiger partial charge >= 0.3 is 6.09 Å². The zero-order valence-corrected chi connectivity index (χ0v) is 15.1. The number of ether oxygens (including phenoxy) is 1. The molecule has 2 aliphatic rings. The summed E-state index contributed by atoms with van der Waals surface area (Å²) in [6, 6.07) is -0.166. The number of hydrogen-bond acceptors (Lipinski definition) is 7. The quantitative estimate of drug-likeness (QED) is 0.737. The van der Waals surface area contributed by atoms with Crippen LogP contribution in [0.25, 0.3) is 4.83 Å². The highest BCUT2D eigenvalue weighted by Gasteiger charge is 2.41. The number of carbonyl (C=O) groups is 1. The van der Waals surface area contributed by atoms with E-state index in [1.54, 1.807) is 23.9 Å². The first-order chi connectivity index (χ1) is 11.9. The molecular weight excluding hydrogens is 366 g/mol. The molecule has 0 radical (unpaired) electrons. The zero-order chi connectivity index (χ0) is 17.6. The molecule has 0 aliphatic carbocycles. The van der Waals surface area contributed by atoms with Gasteiger partial charge in [-0.2, -0.15) is 8.42 Å². The number of cyclic esters (lactones) is 1. The second kappa shape index (κ2) is 6.11. The van der Waals surface area contributed by atoms with Crippen LogP contribution in [0.2, 0.25) is 0 Å². The lowest BCUT2D eigenvalue weighted by Gasteiger charge is -2.27. The number of fused-ring (bicyclic) bond motifs is 2. The Morgan fingerprint density at radius 2 is 2.24 bits per heavy atom. The van der Waals surface area contributed by atoms with Crippen molar-refractivity contribution < 1.29 is 22.1 Å². The van der Waals surface area contributed by atoms with E-state index in [0.29, 0.717) is 19.3 Å². The Balaban J connectivity index is 1.61. The molecule has 25 heavy (non-hydrogen) atoms. The van der Waals surface area contributed by atoms with Gasteiger partial charge < -0.3 is 4.74 Å². The highest BCUT2D eigenvalue weighted by molar-refractivity contribution is 7.89. The van der Waals surface area contributed by atoms with E-state index in [4.69, 9.17) is 8.92 Å². The maximum Gasteiger partial charge on any atom is 0.412 e. The topological polar surface area (TPSA) is 90.2 Å². The van der Waals surface area contributed by atoms with Crippen LogP contribution in [0.15, 0.2) is 24.0 Å². The number of thiazole rings is 1. The molecule has 0 spiro atoms. The van der Waals surface area contributed by atoms with E-state index in [0.717, 1.165) is 20.8 Å². The Labute approximate surface area is 148 Å². The zero-order valence-electron chi connectivity index (χ0n) is 13.5. The van der Waals surface area contributed by atoms with Crippen LogP contribution in [0, 0.1) is 6.92 Å². The summed E-state index contributed by atoms with van der Waals surface area (Å²) in [6.07, 6.45) is 5.20. The molecule has 0 aromatic carbocycles. The molecule has 1 amide bonds. The number of amides is 1. The minimum Gasteiger partial charge on any atom is -0.445 e. The van der Waals surface area contributed by atoms with E-state index in [2.05, 4.69) is 4.98 Å². The van der Waals surface area contributed by atoms with Gasteiger partial charge in [-0.15, -0.1) is 11.3 Å². The molecule has 0 saturated carbocycles. The van der Waals surface area contributed by atoms with Gasteiger partial charge in [0.25, 0.3) is 10.1 Å². The molecular formula is C15H17N3O5S2. The Hall–Kier alpha value is -1.91. The molecule has 4 heterocycles. The minimum absolute atomic E-state index is 0.0923. The van der Waals surface area contributed by atoms with Gasteiger partial charge in [-0.25, -0.2) is 14.0 Å². The van der Waals surface area contributed by atoms with E-state index in [-0.39, 0.29) is 12.6 Å². The minimum atomic E-state index is -3.82. The van der Waals surface area contributed by atoms with Gasteiger partial charge in [-0.05, 0) is 25.8 Å². The lowest BCUT2D eigenvalue weighted by atomic mass is 10.1. The van der Waals surface area contributed by atoms with Crippen molar-refractivity contribution in [2.24, 2.45) is 0 Å². The van der Waals surface area contributed by atoms with Gasteiger partial charge in [-0.1, -0.05) is 0 Å². The van der Waals surface area contributed by atoms with Gasteiger partial charge in [0.05, 0.1) is 11.6 Å². The van der Waals surface area contributed by atoms with E-state index in [1.807, 2.05) is 11.3 Å². The van der Waals surface area contributed by atoms with Crippen LogP contribution in [-0.4, -0.2) is 47.7 Å². The van der Waals surface area contributed by atoms with Crippen molar-refractivity contribution >= 4 is 32.4 Å². The first-order valence-electron chi connectivity index (χ1n) is 7.90. The van der Waals surface area contributed by atoms with E-state index in [1.165, 1.54) is 11.0 Å². The van der Waals surface area contributed by atoms with Crippen molar-refractivity contribution in [3.05, 3.63) is 34.6 Å². The van der Waals surface area contributed by atoms with Crippen LogP contribution in [0.1, 0.15) is 23.4 Å². The summed E-state index contributed by atoms with van der Waals surface area (Å²) in [5, 5.41) is 0.941. The SMILES string of the molecule is Cc1c(C[C@@H]2CCC3OS(=O)(=O)C=CCOC(=O)N32)sc2cncn12. The van der Waals surface area contributed by atoms with Crippen molar-refractivity contribution in [3.63, 3.8) is 0 Å². The summed E-state index contributed by atoms with van der Waals surface area (Å²) in [5.41, 5.74) is 1.08. The maximum atomic E-state index is 12.4. The van der Waals surface area contributed by atoms with Crippen LogP contribution in [0.3, 0.4) is 0 Å². The fourth-order valence-corrected chi connectivity index (χ4v) is 5.34. The predicted molar refractivity (Wildman–Crippen MR) is 90.7 cm³/mol. The van der Waals surface area contributed by atoms with Crippen molar-refractivity contribution in [1.82, 2.24) is 14.3 Å². The Kier molecular flexibility index (Phi) is 4.05. The third kappa shape index (κ3) is 3.05. The number of aryl methyl sites for hydroxylation is 1. The second-order valence-electron chi connectivity index (χ2n) is 6.05. The lowest BCUT2D eigenvalue weighted by molar-refractivity contribution is 0.0330. The summed E-state index contributed by atoms with van der Waals surface area (Å²) in [7, 11) is -3.82. The largest absolute Gasteiger partial charge is 0.445 e. The molecule has 1 fully saturated rings. The van der Waals surface area contributed by atoms with Gasteiger partial charge in [0.15, 0.2) is 6.23 Å². The first kappa shape index (κ1) is 16.6. The molecule has 10 heteroatoms. The molecule has 0 bridgehead atoms. The van der Waals surface area contributed by atoms with Crippen LogP contribution in [0.4, 0.5) is 4.79 Å². The fourth-order valence-electron chi connectivity index (χ4n) is 3.30. The molecule has 2 atom stereocenters. The molecule has 8 nitrogen and oxygen atoms in total. The maximum absolute atomic E-state index is 12.4. The number of aromatic nitrogens is 2. The Morgan fingerprint density at radius 3 is 3.04 bits per heavy atom. The molecule has 134 valence electrons. The number of rotatable bonds is 2. The fraction of sp³-hybridized carbons (Fsp3) is 0.467. The normalized spacial score (nSPS) is 26.1. The summed E-state index contributed by atoms with van der Waals surface area (Å²) in [6.45, 7) is 1.92. The highest BCUT2D eigenvalue weighted by Crippen LogP contribution is 2.33. The van der Waals surface area contributed by atoms with Crippen LogP contribution < -0.4 is 0 Å². The van der Waals surface area contributed by atoms with Gasteiger partial charge in [0.2, 0.25) is 0 Å². The standard InChI is InChI=1S/C15H17N3O5S2/c1-10-12(24-14-8-16-9-17(10)14)7-11-3-4-13-18(11)15(19)22-5-2-6-25(20,21)23-13/h2,6,8-9,11,13H,3-5,7H2,1H3/t11-,13?/m0/s1.